The predicted octanol–water partition coefficient (Wildman–Crippen LogP) is 1.39. The Balaban J connectivity index is 1.50. The molecule has 0 atom stereocenters. The molecule has 0 unspecified atom stereocenters. The van der Waals surface area contributed by atoms with Crippen molar-refractivity contribution in [3.63, 3.8) is 0 Å². The summed E-state index contributed by atoms with van der Waals surface area (Å²) in [5, 5.41) is 3.25. The number of anilines is 1. The molecule has 2 N–H and O–H groups in total. The van der Waals surface area contributed by atoms with Crippen LogP contribution in [0.5, 0.6) is 0 Å². The molecule has 2 heterocycles. The van der Waals surface area contributed by atoms with E-state index in [4.69, 9.17) is 0 Å². The standard InChI is InChI=1S/C16H21N5O2S/c22-24(23,19-13-14-5-2-1-3-6-14)21-11-7-15(8-12-21)20-16-17-9-4-10-18-16/h1-6,9-10,15,19H,7-8,11-13H2,(H,17,18,20). The van der Waals surface area contributed by atoms with Crippen LogP contribution in [0.1, 0.15) is 18.4 Å². The van der Waals surface area contributed by atoms with Crippen LogP contribution in [0.3, 0.4) is 0 Å². The Kier molecular flexibility index (Phi) is 5.39. The summed E-state index contributed by atoms with van der Waals surface area (Å²) in [4.78, 5) is 8.27. The number of hydrogen-bond acceptors (Lipinski definition) is 5. The zero-order valence-corrected chi connectivity index (χ0v) is 14.1. The lowest BCUT2D eigenvalue weighted by Gasteiger charge is -2.31. The van der Waals surface area contributed by atoms with Crippen LogP contribution in [-0.2, 0) is 16.8 Å². The van der Waals surface area contributed by atoms with Gasteiger partial charge in [0, 0.05) is 38.1 Å². The summed E-state index contributed by atoms with van der Waals surface area (Å²) in [6.45, 7) is 1.27. The minimum absolute atomic E-state index is 0.188. The molecule has 1 aromatic heterocycles. The lowest BCUT2D eigenvalue weighted by molar-refractivity contribution is 0.325. The number of piperidine rings is 1. The van der Waals surface area contributed by atoms with E-state index in [0.717, 1.165) is 18.4 Å². The Hall–Kier alpha value is -2.03. The normalized spacial score (nSPS) is 16.8. The van der Waals surface area contributed by atoms with E-state index in [-0.39, 0.29) is 6.04 Å². The predicted molar refractivity (Wildman–Crippen MR) is 92.5 cm³/mol. The molecule has 0 radical (unpaired) electrons. The Morgan fingerprint density at radius 2 is 1.71 bits per heavy atom. The molecule has 1 aliphatic rings. The van der Waals surface area contributed by atoms with Crippen molar-refractivity contribution in [2.75, 3.05) is 18.4 Å². The van der Waals surface area contributed by atoms with Gasteiger partial charge in [-0.25, -0.2) is 9.97 Å². The summed E-state index contributed by atoms with van der Waals surface area (Å²) in [6.07, 6.45) is 4.82. The van der Waals surface area contributed by atoms with E-state index in [2.05, 4.69) is 20.0 Å². The summed E-state index contributed by atoms with van der Waals surface area (Å²) in [5.74, 6) is 0.584. The van der Waals surface area contributed by atoms with Crippen LogP contribution in [0.4, 0.5) is 5.95 Å². The Labute approximate surface area is 142 Å². The monoisotopic (exact) mass is 347 g/mol. The summed E-state index contributed by atoms with van der Waals surface area (Å²) in [5.41, 5.74) is 0.943. The molecule has 0 amide bonds. The topological polar surface area (TPSA) is 87.2 Å². The molecule has 0 spiro atoms. The van der Waals surface area contributed by atoms with Crippen molar-refractivity contribution in [1.82, 2.24) is 19.0 Å². The molecule has 24 heavy (non-hydrogen) atoms. The maximum atomic E-state index is 12.4. The van der Waals surface area contributed by atoms with Gasteiger partial charge in [0.2, 0.25) is 5.95 Å². The van der Waals surface area contributed by atoms with Gasteiger partial charge in [-0.1, -0.05) is 30.3 Å². The van der Waals surface area contributed by atoms with Crippen LogP contribution in [0.25, 0.3) is 0 Å². The van der Waals surface area contributed by atoms with Gasteiger partial charge in [0.15, 0.2) is 0 Å². The quantitative estimate of drug-likeness (QED) is 0.824. The lowest BCUT2D eigenvalue weighted by atomic mass is 10.1. The van der Waals surface area contributed by atoms with Gasteiger partial charge in [0.25, 0.3) is 10.2 Å². The van der Waals surface area contributed by atoms with Crippen LogP contribution >= 0.6 is 0 Å². The van der Waals surface area contributed by atoms with Crippen LogP contribution in [0.2, 0.25) is 0 Å². The van der Waals surface area contributed by atoms with E-state index in [1.165, 1.54) is 4.31 Å². The fraction of sp³-hybridized carbons (Fsp3) is 0.375. The van der Waals surface area contributed by atoms with Crippen LogP contribution in [0, 0.1) is 0 Å². The Morgan fingerprint density at radius 3 is 2.38 bits per heavy atom. The van der Waals surface area contributed by atoms with Gasteiger partial charge >= 0.3 is 0 Å². The van der Waals surface area contributed by atoms with E-state index in [1.54, 1.807) is 18.5 Å². The fourth-order valence-electron chi connectivity index (χ4n) is 2.66. The lowest BCUT2D eigenvalue weighted by Crippen LogP contribution is -2.47. The average molecular weight is 347 g/mol. The first-order valence-corrected chi connectivity index (χ1v) is 9.40. The van der Waals surface area contributed by atoms with E-state index in [9.17, 15) is 8.42 Å². The number of rotatable bonds is 6. The van der Waals surface area contributed by atoms with E-state index >= 15 is 0 Å². The highest BCUT2D eigenvalue weighted by Gasteiger charge is 2.27. The zero-order chi connectivity index (χ0) is 16.8. The second kappa shape index (κ2) is 7.69. The van der Waals surface area contributed by atoms with E-state index in [0.29, 0.717) is 25.6 Å². The Morgan fingerprint density at radius 1 is 1.04 bits per heavy atom. The molecule has 0 aliphatic carbocycles. The maximum absolute atomic E-state index is 12.4. The number of nitrogens with zero attached hydrogens (tertiary/aromatic N) is 3. The molecule has 128 valence electrons. The van der Waals surface area contributed by atoms with Gasteiger partial charge < -0.3 is 5.32 Å². The number of nitrogens with one attached hydrogen (secondary N) is 2. The molecular formula is C16H21N5O2S. The largest absolute Gasteiger partial charge is 0.351 e. The third-order valence-electron chi connectivity index (χ3n) is 3.99. The minimum Gasteiger partial charge on any atom is -0.351 e. The molecule has 3 rings (SSSR count). The molecule has 1 aromatic carbocycles. The Bertz CT molecular complexity index is 732. The van der Waals surface area contributed by atoms with Gasteiger partial charge in [-0.2, -0.15) is 17.4 Å². The maximum Gasteiger partial charge on any atom is 0.279 e. The van der Waals surface area contributed by atoms with Crippen molar-refractivity contribution in [2.24, 2.45) is 0 Å². The molecule has 1 aliphatic heterocycles. The first-order chi connectivity index (χ1) is 11.6. The molecular weight excluding hydrogens is 326 g/mol. The third-order valence-corrected chi connectivity index (χ3v) is 5.55. The van der Waals surface area contributed by atoms with Crippen LogP contribution in [-0.4, -0.2) is 41.8 Å². The van der Waals surface area contributed by atoms with Gasteiger partial charge in [0.1, 0.15) is 0 Å². The SMILES string of the molecule is O=S(=O)(NCc1ccccc1)N1CCC(Nc2ncccn2)CC1. The fourth-order valence-corrected chi connectivity index (χ4v) is 3.88. The van der Waals surface area contributed by atoms with Gasteiger partial charge in [-0.05, 0) is 24.5 Å². The second-order valence-electron chi connectivity index (χ2n) is 5.70. The van der Waals surface area contributed by atoms with E-state index in [1.807, 2.05) is 30.3 Å². The molecule has 7 nitrogen and oxygen atoms in total. The van der Waals surface area contributed by atoms with Gasteiger partial charge in [-0.15, -0.1) is 0 Å². The highest BCUT2D eigenvalue weighted by molar-refractivity contribution is 7.87. The molecule has 0 bridgehead atoms. The first kappa shape index (κ1) is 16.8. The van der Waals surface area contributed by atoms with Gasteiger partial charge in [0.05, 0.1) is 0 Å². The summed E-state index contributed by atoms with van der Waals surface area (Å²) in [7, 11) is -3.45. The number of hydrogen-bond donors (Lipinski definition) is 2. The second-order valence-corrected chi connectivity index (χ2v) is 7.46. The van der Waals surface area contributed by atoms with Crippen LogP contribution in [0.15, 0.2) is 48.8 Å². The average Bonchev–Trinajstić information content (AvgIpc) is 2.62. The molecule has 2 aromatic rings. The van der Waals surface area contributed by atoms with Crippen molar-refractivity contribution in [1.29, 1.82) is 0 Å². The first-order valence-electron chi connectivity index (χ1n) is 7.96. The summed E-state index contributed by atoms with van der Waals surface area (Å²) >= 11 is 0. The van der Waals surface area contributed by atoms with Crippen molar-refractivity contribution in [3.05, 3.63) is 54.4 Å². The molecule has 1 fully saturated rings. The van der Waals surface area contributed by atoms with Crippen LogP contribution < -0.4 is 10.0 Å². The highest BCUT2D eigenvalue weighted by atomic mass is 32.2. The van der Waals surface area contributed by atoms with E-state index < -0.39 is 10.2 Å². The highest BCUT2D eigenvalue weighted by Crippen LogP contribution is 2.16. The summed E-state index contributed by atoms with van der Waals surface area (Å²) < 4.78 is 28.9. The smallest absolute Gasteiger partial charge is 0.279 e. The molecule has 0 saturated carbocycles. The molecule has 8 heteroatoms. The summed E-state index contributed by atoms with van der Waals surface area (Å²) in [6, 6.07) is 11.5. The van der Waals surface area contributed by atoms with Crippen molar-refractivity contribution in [2.45, 2.75) is 25.4 Å². The minimum atomic E-state index is -3.45. The third kappa shape index (κ3) is 4.50. The molecule has 1 saturated heterocycles. The number of benzene rings is 1. The zero-order valence-electron chi connectivity index (χ0n) is 13.3. The van der Waals surface area contributed by atoms with Gasteiger partial charge in [-0.3, -0.25) is 0 Å². The van der Waals surface area contributed by atoms with Crippen molar-refractivity contribution < 1.29 is 8.42 Å². The van der Waals surface area contributed by atoms with Crippen molar-refractivity contribution >= 4 is 16.2 Å². The van der Waals surface area contributed by atoms with Crippen molar-refractivity contribution in [3.8, 4) is 0 Å². The number of aromatic nitrogens is 2.